The van der Waals surface area contributed by atoms with Gasteiger partial charge < -0.3 is 5.11 Å². The summed E-state index contributed by atoms with van der Waals surface area (Å²) in [6, 6.07) is 21.9. The number of allylic oxidation sites excluding steroid dienone is 1. The number of halogens is 1. The van der Waals surface area contributed by atoms with E-state index in [2.05, 4.69) is 29.3 Å². The van der Waals surface area contributed by atoms with Crippen LogP contribution in [-0.4, -0.2) is 16.1 Å². The van der Waals surface area contributed by atoms with Crippen molar-refractivity contribution in [2.45, 2.75) is 19.3 Å². The summed E-state index contributed by atoms with van der Waals surface area (Å²) in [5.41, 5.74) is 9.43. The van der Waals surface area contributed by atoms with Gasteiger partial charge in [-0.3, -0.25) is 0 Å². The van der Waals surface area contributed by atoms with Crippen LogP contribution in [0.3, 0.4) is 0 Å². The molecule has 0 amide bonds. The molecule has 0 aliphatic heterocycles. The van der Waals surface area contributed by atoms with E-state index in [1.165, 1.54) is 12.0 Å². The summed E-state index contributed by atoms with van der Waals surface area (Å²) < 4.78 is 1.13. The van der Waals surface area contributed by atoms with Crippen LogP contribution in [0, 0.1) is 17.2 Å². The van der Waals surface area contributed by atoms with Crippen LogP contribution in [0.15, 0.2) is 72.3 Å². The van der Waals surface area contributed by atoms with Crippen LogP contribution >= 0.6 is 22.9 Å². The highest BCUT2D eigenvalue weighted by atomic mass is 35.5. The van der Waals surface area contributed by atoms with Crippen LogP contribution in [-0.2, 0) is 4.79 Å². The van der Waals surface area contributed by atoms with E-state index in [1.807, 2.05) is 41.9 Å². The maximum Gasteiger partial charge on any atom is 0.328 e. The first-order chi connectivity index (χ1) is 17.0. The van der Waals surface area contributed by atoms with Crippen molar-refractivity contribution in [2.75, 3.05) is 0 Å². The minimum Gasteiger partial charge on any atom is -0.478 e. The molecule has 4 aromatic rings. The molecular weight excluding hydrogens is 476 g/mol. The first-order valence-corrected chi connectivity index (χ1v) is 12.6. The third-order valence-corrected chi connectivity index (χ3v) is 7.53. The van der Waals surface area contributed by atoms with Gasteiger partial charge >= 0.3 is 5.97 Å². The first kappa shape index (κ1) is 23.0. The zero-order valence-electron chi connectivity index (χ0n) is 18.7. The number of nitrogens with zero attached hydrogens (tertiary/aromatic N) is 2. The van der Waals surface area contributed by atoms with Crippen LogP contribution < -0.4 is 0 Å². The van der Waals surface area contributed by atoms with Crippen molar-refractivity contribution in [1.29, 1.82) is 5.26 Å². The number of carboxylic acid groups (broad SMARTS) is 1. The molecule has 0 saturated heterocycles. The predicted octanol–water partition coefficient (Wildman–Crippen LogP) is 7.68. The molecule has 0 spiro atoms. The van der Waals surface area contributed by atoms with E-state index in [1.54, 1.807) is 23.5 Å². The molecule has 3 aromatic carbocycles. The number of fused-ring (bicyclic) bond motifs is 1. The van der Waals surface area contributed by atoms with Crippen molar-refractivity contribution in [2.24, 2.45) is 5.92 Å². The summed E-state index contributed by atoms with van der Waals surface area (Å²) in [6.45, 7) is 0. The van der Waals surface area contributed by atoms with E-state index in [-0.39, 0.29) is 0 Å². The van der Waals surface area contributed by atoms with Gasteiger partial charge in [-0.05, 0) is 82.5 Å². The Kier molecular flexibility index (Phi) is 6.50. The lowest BCUT2D eigenvalue weighted by atomic mass is 9.73. The zero-order valence-corrected chi connectivity index (χ0v) is 20.3. The van der Waals surface area contributed by atoms with Gasteiger partial charge in [0.1, 0.15) is 0 Å². The number of hydrogen-bond acceptors (Lipinski definition) is 4. The number of thiazole rings is 1. The Morgan fingerprint density at radius 1 is 1.09 bits per heavy atom. The summed E-state index contributed by atoms with van der Waals surface area (Å²) in [5, 5.41) is 18.9. The van der Waals surface area contributed by atoms with Gasteiger partial charge in [-0.1, -0.05) is 54.4 Å². The van der Waals surface area contributed by atoms with Gasteiger partial charge in [0.2, 0.25) is 0 Å². The topological polar surface area (TPSA) is 74.0 Å². The number of carbonyl (C=O) groups is 1. The smallest absolute Gasteiger partial charge is 0.328 e. The Hall–Kier alpha value is -3.72. The van der Waals surface area contributed by atoms with Crippen molar-refractivity contribution in [3.8, 4) is 6.07 Å². The van der Waals surface area contributed by atoms with Crippen molar-refractivity contribution >= 4 is 56.3 Å². The first-order valence-electron chi connectivity index (χ1n) is 11.3. The number of aromatic nitrogens is 1. The molecule has 0 atom stereocenters. The number of rotatable bonds is 6. The van der Waals surface area contributed by atoms with E-state index in [0.717, 1.165) is 57.0 Å². The number of hydrogen-bond donors (Lipinski definition) is 1. The van der Waals surface area contributed by atoms with Gasteiger partial charge in [-0.2, -0.15) is 5.26 Å². The molecule has 35 heavy (non-hydrogen) atoms. The van der Waals surface area contributed by atoms with Crippen LogP contribution in [0.25, 0.3) is 27.4 Å². The molecule has 172 valence electrons. The van der Waals surface area contributed by atoms with Crippen molar-refractivity contribution in [3.05, 3.63) is 105 Å². The van der Waals surface area contributed by atoms with Crippen LogP contribution in [0.5, 0.6) is 0 Å². The highest BCUT2D eigenvalue weighted by molar-refractivity contribution is 7.16. The number of carboxylic acids is 1. The van der Waals surface area contributed by atoms with Gasteiger partial charge in [0.15, 0.2) is 0 Å². The fourth-order valence-electron chi connectivity index (χ4n) is 4.48. The number of benzene rings is 3. The summed E-state index contributed by atoms with van der Waals surface area (Å²) in [5.74, 6) is -0.623. The van der Waals surface area contributed by atoms with Gasteiger partial charge in [0.25, 0.3) is 0 Å². The molecule has 4 nitrogen and oxygen atoms in total. The van der Waals surface area contributed by atoms with Crippen molar-refractivity contribution < 1.29 is 9.90 Å². The fourth-order valence-corrected chi connectivity index (χ4v) is 5.42. The summed E-state index contributed by atoms with van der Waals surface area (Å²) in [4.78, 5) is 15.5. The summed E-state index contributed by atoms with van der Waals surface area (Å²) in [7, 11) is 0. The molecule has 0 bridgehead atoms. The second-order valence-electron chi connectivity index (χ2n) is 8.55. The molecule has 1 saturated carbocycles. The molecule has 1 aliphatic rings. The second-order valence-corrected chi connectivity index (χ2v) is 9.84. The Morgan fingerprint density at radius 3 is 2.51 bits per heavy atom. The van der Waals surface area contributed by atoms with Crippen molar-refractivity contribution in [1.82, 2.24) is 4.98 Å². The van der Waals surface area contributed by atoms with Crippen LogP contribution in [0.1, 0.15) is 47.1 Å². The minimum atomic E-state index is -0.978. The molecule has 1 aliphatic carbocycles. The highest BCUT2D eigenvalue weighted by Gasteiger charge is 2.28. The normalized spacial score (nSPS) is 14.5. The lowest BCUT2D eigenvalue weighted by Crippen LogP contribution is -2.15. The average Bonchev–Trinajstić information content (AvgIpc) is 3.30. The summed E-state index contributed by atoms with van der Waals surface area (Å²) in [6.07, 6.45) is 6.04. The molecule has 1 heterocycles. The largest absolute Gasteiger partial charge is 0.478 e. The average molecular weight is 497 g/mol. The molecular formula is C29H21ClN2O2S. The van der Waals surface area contributed by atoms with E-state index in [4.69, 9.17) is 16.7 Å². The van der Waals surface area contributed by atoms with E-state index in [0.29, 0.717) is 16.5 Å². The van der Waals surface area contributed by atoms with E-state index < -0.39 is 5.97 Å². The molecule has 5 rings (SSSR count). The summed E-state index contributed by atoms with van der Waals surface area (Å²) >= 11 is 8.37. The quantitative estimate of drug-likeness (QED) is 0.219. The zero-order chi connectivity index (χ0) is 24.4. The Balaban J connectivity index is 1.75. The molecule has 0 radical (unpaired) electrons. The molecule has 6 heteroatoms. The van der Waals surface area contributed by atoms with Crippen LogP contribution in [0.2, 0.25) is 5.02 Å². The molecule has 1 aromatic heterocycles. The lowest BCUT2D eigenvalue weighted by molar-refractivity contribution is -0.131. The van der Waals surface area contributed by atoms with Crippen molar-refractivity contribution in [3.63, 3.8) is 0 Å². The third-order valence-electron chi connectivity index (χ3n) is 6.41. The molecule has 1 fully saturated rings. The molecule has 0 unspecified atom stereocenters. The maximum atomic E-state index is 10.9. The SMILES string of the molecule is N#Cc1ccc(/C(=C(\c2ccc(/C=C/C(=O)O)cc2)c2ccc3scnc3c2)C2CCC2)c(Cl)c1. The van der Waals surface area contributed by atoms with Gasteiger partial charge in [0, 0.05) is 11.1 Å². The van der Waals surface area contributed by atoms with Gasteiger partial charge in [-0.15, -0.1) is 11.3 Å². The van der Waals surface area contributed by atoms with E-state index >= 15 is 0 Å². The molecule has 1 N–H and O–H groups in total. The van der Waals surface area contributed by atoms with Gasteiger partial charge in [0.05, 0.1) is 27.4 Å². The van der Waals surface area contributed by atoms with Crippen LogP contribution in [0.4, 0.5) is 0 Å². The standard InChI is InChI=1S/C29H21ClN2O2S/c30-24-14-19(16-31)6-11-23(24)29(20-2-1-3-20)28(22-10-12-26-25(15-22)32-17-35-26)21-8-4-18(5-9-21)7-13-27(33)34/h4-15,17,20H,1-3H2,(H,33,34)/b13-7+,29-28+. The fraction of sp³-hybridized carbons (Fsp3) is 0.138. The Labute approximate surface area is 212 Å². The lowest BCUT2D eigenvalue weighted by Gasteiger charge is -2.32. The Morgan fingerprint density at radius 2 is 1.86 bits per heavy atom. The third kappa shape index (κ3) is 4.77. The van der Waals surface area contributed by atoms with E-state index in [9.17, 15) is 10.1 Å². The minimum absolute atomic E-state index is 0.355. The number of aliphatic carboxylic acids is 1. The predicted molar refractivity (Wildman–Crippen MR) is 142 cm³/mol. The van der Waals surface area contributed by atoms with Gasteiger partial charge in [-0.25, -0.2) is 9.78 Å². The number of nitriles is 1. The maximum absolute atomic E-state index is 10.9. The monoisotopic (exact) mass is 496 g/mol. The second kappa shape index (κ2) is 9.87. The highest BCUT2D eigenvalue weighted by Crippen LogP contribution is 2.47. The Bertz CT molecular complexity index is 1520.